The van der Waals surface area contributed by atoms with Crippen LogP contribution in [-0.4, -0.2) is 53.3 Å². The van der Waals surface area contributed by atoms with Crippen molar-refractivity contribution in [3.8, 4) is 11.6 Å². The Hall–Kier alpha value is -4.15. The molecule has 3 N–H and O–H groups in total. The van der Waals surface area contributed by atoms with Crippen LogP contribution in [-0.2, 0) is 19.4 Å². The molecule has 0 fully saturated rings. The number of pyridine rings is 1. The number of nitrogens with zero attached hydrogens (tertiary/aromatic N) is 3. The molecule has 4 aromatic rings. The smallest absolute Gasteiger partial charge is 0.251 e. The summed E-state index contributed by atoms with van der Waals surface area (Å²) < 4.78 is 33.5. The molecule has 0 aliphatic carbocycles. The molecular weight excluding hydrogens is 552 g/mol. The number of hydrogen-bond acceptors (Lipinski definition) is 7. The Labute approximate surface area is 251 Å². The standard InChI is InChI=1S/C33H39F2N5O3/c1-4-6-11-40(3)31-18-25(17-29(38-31)33-37-10-12-43-33)32(42)39-28(16-24-14-26(34)19-27(35)15-24)30(41)21-36-20-23-9-7-8-22(5-2)13-23/h7-10,12-15,17-19,28,30,36,41H,4-6,11,16,20-21H2,1-3H3,(H,39,42). The molecule has 2 aromatic carbocycles. The van der Waals surface area contributed by atoms with Crippen LogP contribution in [0.15, 0.2) is 71.5 Å². The van der Waals surface area contributed by atoms with Gasteiger partial charge in [-0.1, -0.05) is 44.5 Å². The average molecular weight is 592 g/mol. The van der Waals surface area contributed by atoms with Gasteiger partial charge in [-0.25, -0.2) is 18.7 Å². The van der Waals surface area contributed by atoms with Gasteiger partial charge in [0, 0.05) is 38.3 Å². The molecule has 0 saturated heterocycles. The second-order valence-electron chi connectivity index (χ2n) is 10.6. The maximum atomic E-state index is 14.0. The summed E-state index contributed by atoms with van der Waals surface area (Å²) in [6.45, 7) is 5.57. The number of hydrogen-bond donors (Lipinski definition) is 3. The fraction of sp³-hybridized carbons (Fsp3) is 0.364. The highest BCUT2D eigenvalue weighted by Gasteiger charge is 2.24. The molecule has 8 nitrogen and oxygen atoms in total. The Bertz CT molecular complexity index is 1460. The summed E-state index contributed by atoms with van der Waals surface area (Å²) in [5.74, 6) is -1.10. The zero-order valence-electron chi connectivity index (χ0n) is 24.8. The van der Waals surface area contributed by atoms with Crippen molar-refractivity contribution in [2.75, 3.05) is 25.0 Å². The molecule has 2 heterocycles. The number of carbonyl (C=O) groups is 1. The molecule has 2 aromatic heterocycles. The second-order valence-corrected chi connectivity index (χ2v) is 10.6. The number of benzene rings is 2. The maximum absolute atomic E-state index is 14.0. The minimum Gasteiger partial charge on any atom is -0.443 e. The van der Waals surface area contributed by atoms with Gasteiger partial charge in [-0.3, -0.25) is 4.79 Å². The van der Waals surface area contributed by atoms with Crippen LogP contribution in [0, 0.1) is 11.6 Å². The Kier molecular flexibility index (Phi) is 11.4. The molecule has 0 aliphatic heterocycles. The topological polar surface area (TPSA) is 104 Å². The number of anilines is 1. The van der Waals surface area contributed by atoms with E-state index >= 15 is 0 Å². The number of nitrogens with one attached hydrogen (secondary N) is 2. The van der Waals surface area contributed by atoms with Crippen LogP contribution in [0.4, 0.5) is 14.6 Å². The van der Waals surface area contributed by atoms with E-state index in [2.05, 4.69) is 46.6 Å². The number of oxazole rings is 1. The third-order valence-corrected chi connectivity index (χ3v) is 7.20. The molecule has 0 radical (unpaired) electrons. The number of amides is 1. The van der Waals surface area contributed by atoms with E-state index in [9.17, 15) is 18.7 Å². The van der Waals surface area contributed by atoms with Crippen LogP contribution < -0.4 is 15.5 Å². The number of carbonyl (C=O) groups excluding carboxylic acids is 1. The molecule has 228 valence electrons. The summed E-state index contributed by atoms with van der Waals surface area (Å²) in [5.41, 5.74) is 3.26. The van der Waals surface area contributed by atoms with E-state index < -0.39 is 29.7 Å². The first-order valence-corrected chi connectivity index (χ1v) is 14.6. The van der Waals surface area contributed by atoms with Crippen molar-refractivity contribution in [3.05, 3.63) is 101 Å². The molecule has 10 heteroatoms. The molecule has 2 unspecified atom stereocenters. The molecule has 43 heavy (non-hydrogen) atoms. The first kappa shape index (κ1) is 31.8. The van der Waals surface area contributed by atoms with Crippen molar-refractivity contribution in [2.24, 2.45) is 0 Å². The van der Waals surface area contributed by atoms with Crippen molar-refractivity contribution in [1.29, 1.82) is 0 Å². The van der Waals surface area contributed by atoms with E-state index in [0.29, 0.717) is 23.6 Å². The molecule has 4 rings (SSSR count). The lowest BCUT2D eigenvalue weighted by Gasteiger charge is -2.25. The van der Waals surface area contributed by atoms with Gasteiger partial charge in [0.1, 0.15) is 29.4 Å². The summed E-state index contributed by atoms with van der Waals surface area (Å²) in [7, 11) is 1.89. The molecular formula is C33H39F2N5O3. The highest BCUT2D eigenvalue weighted by Crippen LogP contribution is 2.22. The molecule has 0 spiro atoms. The quantitative estimate of drug-likeness (QED) is 0.172. The Morgan fingerprint density at radius 1 is 1.05 bits per heavy atom. The lowest BCUT2D eigenvalue weighted by Crippen LogP contribution is -2.48. The molecule has 0 bridgehead atoms. The van der Waals surface area contributed by atoms with Crippen molar-refractivity contribution in [1.82, 2.24) is 20.6 Å². The number of unbranched alkanes of at least 4 members (excludes halogenated alkanes) is 1. The normalized spacial score (nSPS) is 12.6. The number of halogens is 2. The van der Waals surface area contributed by atoms with E-state index in [4.69, 9.17) is 4.42 Å². The summed E-state index contributed by atoms with van der Waals surface area (Å²) in [4.78, 5) is 24.4. The van der Waals surface area contributed by atoms with E-state index in [1.54, 1.807) is 12.1 Å². The first-order valence-electron chi connectivity index (χ1n) is 14.6. The SMILES string of the molecule is CCCCN(C)c1cc(C(=O)NC(Cc2cc(F)cc(F)c2)C(O)CNCc2cccc(CC)c2)cc(-c2ncco2)n1. The number of aryl methyl sites for hydroxylation is 1. The van der Waals surface area contributed by atoms with Crippen molar-refractivity contribution < 1.29 is 23.1 Å². The van der Waals surface area contributed by atoms with Crippen LogP contribution in [0.25, 0.3) is 11.6 Å². The summed E-state index contributed by atoms with van der Waals surface area (Å²) in [5, 5.41) is 17.4. The minimum atomic E-state index is -1.07. The highest BCUT2D eigenvalue weighted by molar-refractivity contribution is 5.96. The first-order chi connectivity index (χ1) is 20.7. The van der Waals surface area contributed by atoms with Crippen molar-refractivity contribution >= 4 is 11.7 Å². The van der Waals surface area contributed by atoms with Gasteiger partial charge in [-0.15, -0.1) is 0 Å². The van der Waals surface area contributed by atoms with E-state index in [1.807, 2.05) is 24.1 Å². The molecule has 2 atom stereocenters. The van der Waals surface area contributed by atoms with Gasteiger partial charge in [0.2, 0.25) is 5.89 Å². The maximum Gasteiger partial charge on any atom is 0.251 e. The molecule has 0 aliphatic rings. The third-order valence-electron chi connectivity index (χ3n) is 7.20. The van der Waals surface area contributed by atoms with E-state index in [0.717, 1.165) is 37.4 Å². The number of aromatic nitrogens is 2. The minimum absolute atomic E-state index is 0.00945. The predicted molar refractivity (Wildman–Crippen MR) is 163 cm³/mol. The van der Waals surface area contributed by atoms with Crippen LogP contribution in [0.2, 0.25) is 0 Å². The summed E-state index contributed by atoms with van der Waals surface area (Å²) >= 11 is 0. The van der Waals surface area contributed by atoms with E-state index in [-0.39, 0.29) is 24.4 Å². The van der Waals surface area contributed by atoms with Gasteiger partial charge in [-0.05, 0) is 60.2 Å². The van der Waals surface area contributed by atoms with Crippen LogP contribution in [0.3, 0.4) is 0 Å². The predicted octanol–water partition coefficient (Wildman–Crippen LogP) is 5.31. The molecule has 0 saturated carbocycles. The fourth-order valence-electron chi connectivity index (χ4n) is 4.80. The van der Waals surface area contributed by atoms with Gasteiger partial charge >= 0.3 is 0 Å². The van der Waals surface area contributed by atoms with Gasteiger partial charge in [-0.2, -0.15) is 0 Å². The Morgan fingerprint density at radius 3 is 2.51 bits per heavy atom. The Morgan fingerprint density at radius 2 is 1.81 bits per heavy atom. The van der Waals surface area contributed by atoms with Crippen LogP contribution in [0.5, 0.6) is 0 Å². The zero-order valence-corrected chi connectivity index (χ0v) is 24.8. The van der Waals surface area contributed by atoms with Gasteiger partial charge in [0.05, 0.1) is 18.3 Å². The monoisotopic (exact) mass is 591 g/mol. The number of aliphatic hydroxyl groups excluding tert-OH is 1. The second kappa shape index (κ2) is 15.4. The number of rotatable bonds is 15. The van der Waals surface area contributed by atoms with Crippen molar-refractivity contribution in [3.63, 3.8) is 0 Å². The lowest BCUT2D eigenvalue weighted by atomic mass is 10.00. The fourth-order valence-corrected chi connectivity index (χ4v) is 4.80. The molecule has 1 amide bonds. The summed E-state index contributed by atoms with van der Waals surface area (Å²) in [6.07, 6.45) is 4.73. The van der Waals surface area contributed by atoms with Crippen LogP contribution >= 0.6 is 0 Å². The third kappa shape index (κ3) is 9.17. The Balaban J connectivity index is 1.56. The zero-order chi connectivity index (χ0) is 30.8. The van der Waals surface area contributed by atoms with E-state index in [1.165, 1.54) is 30.2 Å². The largest absolute Gasteiger partial charge is 0.443 e. The van der Waals surface area contributed by atoms with Gasteiger partial charge in [0.25, 0.3) is 5.91 Å². The van der Waals surface area contributed by atoms with Gasteiger partial charge in [0.15, 0.2) is 0 Å². The average Bonchev–Trinajstić information content (AvgIpc) is 3.54. The van der Waals surface area contributed by atoms with Crippen molar-refractivity contribution in [2.45, 2.75) is 58.2 Å². The van der Waals surface area contributed by atoms with Gasteiger partial charge < -0.3 is 25.1 Å². The number of aliphatic hydroxyl groups is 1. The highest BCUT2D eigenvalue weighted by atomic mass is 19.1. The van der Waals surface area contributed by atoms with Crippen LogP contribution in [0.1, 0.15) is 53.7 Å². The lowest BCUT2D eigenvalue weighted by molar-refractivity contribution is 0.0830. The summed E-state index contributed by atoms with van der Waals surface area (Å²) in [6, 6.07) is 13.7.